The van der Waals surface area contributed by atoms with Gasteiger partial charge in [-0.05, 0) is 80.2 Å². The molecule has 0 unspecified atom stereocenters. The highest BCUT2D eigenvalue weighted by Crippen LogP contribution is 2.66. The summed E-state index contributed by atoms with van der Waals surface area (Å²) < 4.78 is 0. The van der Waals surface area contributed by atoms with E-state index >= 15 is 0 Å². The van der Waals surface area contributed by atoms with Gasteiger partial charge in [-0.3, -0.25) is 0 Å². The van der Waals surface area contributed by atoms with Gasteiger partial charge < -0.3 is 9.80 Å². The molecule has 0 spiro atoms. The van der Waals surface area contributed by atoms with Crippen LogP contribution in [0, 0.1) is 0 Å². The Morgan fingerprint density at radius 1 is 0.392 bits per heavy atom. The largest absolute Gasteiger partial charge is 0.310 e. The number of benzene rings is 7. The first-order valence-electron chi connectivity index (χ1n) is 18.3. The van der Waals surface area contributed by atoms with Crippen LogP contribution in [0.5, 0.6) is 0 Å². The van der Waals surface area contributed by atoms with Gasteiger partial charge in [0.25, 0.3) is 0 Å². The van der Waals surface area contributed by atoms with Gasteiger partial charge in [0.1, 0.15) is 0 Å². The van der Waals surface area contributed by atoms with Gasteiger partial charge >= 0.3 is 0 Å². The van der Waals surface area contributed by atoms with Crippen molar-refractivity contribution in [2.75, 3.05) is 9.80 Å². The first-order chi connectivity index (χ1) is 24.6. The van der Waals surface area contributed by atoms with Crippen molar-refractivity contribution in [3.8, 4) is 11.1 Å². The molecule has 0 aliphatic carbocycles. The van der Waals surface area contributed by atoms with E-state index in [0.717, 1.165) is 5.69 Å². The van der Waals surface area contributed by atoms with Crippen molar-refractivity contribution in [1.29, 1.82) is 0 Å². The number of hydrogen-bond donors (Lipinski definition) is 0. The van der Waals surface area contributed by atoms with E-state index in [9.17, 15) is 0 Å². The van der Waals surface area contributed by atoms with E-state index in [2.05, 4.69) is 197 Å². The normalized spacial score (nSPS) is 16.5. The predicted octanol–water partition coefficient (Wildman–Crippen LogP) is 13.4. The van der Waals surface area contributed by atoms with Crippen LogP contribution in [0.25, 0.3) is 21.9 Å². The summed E-state index contributed by atoms with van der Waals surface area (Å²) in [6.07, 6.45) is 0. The minimum atomic E-state index is -0.228. The van der Waals surface area contributed by atoms with Gasteiger partial charge in [-0.1, -0.05) is 157 Å². The molecule has 0 bridgehead atoms. The zero-order valence-electron chi connectivity index (χ0n) is 30.3. The van der Waals surface area contributed by atoms with Crippen LogP contribution in [-0.4, -0.2) is 0 Å². The third-order valence-corrected chi connectivity index (χ3v) is 12.4. The summed E-state index contributed by atoms with van der Waals surface area (Å²) in [5.74, 6) is 0. The van der Waals surface area contributed by atoms with Gasteiger partial charge in [-0.2, -0.15) is 0 Å². The van der Waals surface area contributed by atoms with Crippen LogP contribution in [0.2, 0.25) is 0 Å². The van der Waals surface area contributed by atoms with Gasteiger partial charge in [-0.15, -0.1) is 0 Å². The molecule has 3 aliphatic heterocycles. The zero-order chi connectivity index (χ0) is 34.9. The average Bonchev–Trinajstić information content (AvgIpc) is 3.14. The van der Waals surface area contributed by atoms with Crippen molar-refractivity contribution in [3.05, 3.63) is 179 Å². The maximum absolute atomic E-state index is 2.66. The minimum Gasteiger partial charge on any atom is -0.310 e. The number of hydrogen-bond acceptors (Lipinski definition) is 2. The number of rotatable bonds is 4. The summed E-state index contributed by atoms with van der Waals surface area (Å²) in [7, 11) is 0. The second-order valence-electron chi connectivity index (χ2n) is 16.3. The Hall–Kier alpha value is -5.60. The maximum Gasteiger partial charge on any atom is 0.0545 e. The van der Waals surface area contributed by atoms with Gasteiger partial charge in [0.05, 0.1) is 22.7 Å². The maximum atomic E-state index is 2.66. The quantitative estimate of drug-likeness (QED) is 0.186. The summed E-state index contributed by atoms with van der Waals surface area (Å²) >= 11 is 0. The van der Waals surface area contributed by atoms with E-state index in [1.54, 1.807) is 0 Å². The van der Waals surface area contributed by atoms with E-state index in [-0.39, 0.29) is 16.2 Å². The molecule has 0 atom stereocenters. The van der Waals surface area contributed by atoms with Crippen LogP contribution in [0.3, 0.4) is 0 Å². The molecule has 7 aromatic rings. The van der Waals surface area contributed by atoms with Crippen molar-refractivity contribution < 1.29 is 0 Å². The lowest BCUT2D eigenvalue weighted by atomic mass is 9.61. The highest BCUT2D eigenvalue weighted by molar-refractivity contribution is 6.02. The topological polar surface area (TPSA) is 6.48 Å². The van der Waals surface area contributed by atoms with E-state index < -0.39 is 0 Å². The summed E-state index contributed by atoms with van der Waals surface area (Å²) in [5.41, 5.74) is 17.8. The molecule has 0 amide bonds. The third kappa shape index (κ3) is 3.99. The summed E-state index contributed by atoms with van der Waals surface area (Å²) in [5, 5.41) is 2.47. The number of para-hydroxylation sites is 2. The Bertz CT molecular complexity index is 2480. The predicted molar refractivity (Wildman–Crippen MR) is 215 cm³/mol. The highest BCUT2D eigenvalue weighted by atomic mass is 15.2. The van der Waals surface area contributed by atoms with Crippen LogP contribution >= 0.6 is 0 Å². The first-order valence-corrected chi connectivity index (χ1v) is 18.3. The molecular weight excluding hydrogens is 617 g/mol. The Balaban J connectivity index is 1.30. The van der Waals surface area contributed by atoms with Crippen molar-refractivity contribution in [2.45, 2.75) is 57.8 Å². The molecule has 0 fully saturated rings. The number of nitrogens with zero attached hydrogens (tertiary/aromatic N) is 2. The van der Waals surface area contributed by atoms with Crippen LogP contribution in [0.1, 0.15) is 74.9 Å². The van der Waals surface area contributed by atoms with E-state index in [0.29, 0.717) is 0 Å². The molecule has 0 N–H and O–H groups in total. The molecular formula is C49H42N2. The van der Waals surface area contributed by atoms with Crippen molar-refractivity contribution >= 4 is 44.9 Å². The molecule has 3 aliphatic rings. The van der Waals surface area contributed by atoms with Crippen molar-refractivity contribution in [1.82, 2.24) is 0 Å². The SMILES string of the molecule is CC1(C)c2cccc3c2N2c4c1cccc4C(C)(C)c1cc(N(c4cccc(-c5ccccc5)c4)c4cccc5ccccc45)cc(c12)C3(C)C. The average molecular weight is 659 g/mol. The molecule has 0 aromatic heterocycles. The number of fused-ring (bicyclic) bond motifs is 1. The lowest BCUT2D eigenvalue weighted by molar-refractivity contribution is 0.566. The lowest BCUT2D eigenvalue weighted by Crippen LogP contribution is -2.43. The van der Waals surface area contributed by atoms with Gasteiger partial charge in [-0.25, -0.2) is 0 Å². The van der Waals surface area contributed by atoms with Gasteiger partial charge in [0.2, 0.25) is 0 Å². The molecule has 2 nitrogen and oxygen atoms in total. The number of anilines is 6. The second-order valence-corrected chi connectivity index (χ2v) is 16.3. The summed E-state index contributed by atoms with van der Waals surface area (Å²) in [6.45, 7) is 14.6. The molecule has 0 saturated heterocycles. The van der Waals surface area contributed by atoms with Crippen molar-refractivity contribution in [3.63, 3.8) is 0 Å². The Morgan fingerprint density at radius 2 is 0.863 bits per heavy atom. The Morgan fingerprint density at radius 3 is 1.49 bits per heavy atom. The van der Waals surface area contributed by atoms with Crippen LogP contribution in [0.15, 0.2) is 146 Å². The Kier molecular flexibility index (Phi) is 6.07. The van der Waals surface area contributed by atoms with Crippen LogP contribution in [0.4, 0.5) is 34.1 Å². The van der Waals surface area contributed by atoms with E-state index in [1.165, 1.54) is 83.7 Å². The third-order valence-electron chi connectivity index (χ3n) is 12.4. The van der Waals surface area contributed by atoms with Gasteiger partial charge in [0, 0.05) is 33.0 Å². The van der Waals surface area contributed by atoms with Crippen LogP contribution in [-0.2, 0) is 16.2 Å². The summed E-state index contributed by atoms with van der Waals surface area (Å²) in [6, 6.07) is 54.4. The summed E-state index contributed by atoms with van der Waals surface area (Å²) in [4.78, 5) is 5.17. The monoisotopic (exact) mass is 658 g/mol. The highest BCUT2D eigenvalue weighted by Gasteiger charge is 2.51. The fourth-order valence-corrected chi connectivity index (χ4v) is 9.58. The molecule has 0 saturated carbocycles. The smallest absolute Gasteiger partial charge is 0.0545 e. The lowest BCUT2D eigenvalue weighted by Gasteiger charge is -2.55. The standard InChI is InChI=1S/C49H42N2/c1-47(2)37-23-14-25-39-44(37)51-45-38(47)24-15-26-40(45)49(5,6)42-30-35(29-41(46(42)51)48(39,3)4)50(43-27-13-19-32-18-10-11-22-36(32)43)34-21-12-20-33(28-34)31-16-8-7-9-17-31/h7-30H,1-6H3. The fraction of sp³-hybridized carbons (Fsp3) is 0.184. The van der Waals surface area contributed by atoms with Gasteiger partial charge in [0.15, 0.2) is 0 Å². The molecule has 248 valence electrons. The Labute approximate surface area is 301 Å². The van der Waals surface area contributed by atoms with Crippen molar-refractivity contribution in [2.24, 2.45) is 0 Å². The molecule has 7 aromatic carbocycles. The first kappa shape index (κ1) is 30.2. The second kappa shape index (κ2) is 10.2. The fourth-order valence-electron chi connectivity index (χ4n) is 9.58. The van der Waals surface area contributed by atoms with E-state index in [4.69, 9.17) is 0 Å². The minimum absolute atomic E-state index is 0.108. The van der Waals surface area contributed by atoms with E-state index in [1.807, 2.05) is 0 Å². The zero-order valence-corrected chi connectivity index (χ0v) is 30.3. The molecule has 3 heterocycles. The van der Waals surface area contributed by atoms with Crippen LogP contribution < -0.4 is 9.80 Å². The molecule has 10 rings (SSSR count). The molecule has 51 heavy (non-hydrogen) atoms. The molecule has 0 radical (unpaired) electrons. The molecule has 2 heteroatoms.